The first-order valence-electron chi connectivity index (χ1n) is 5.85. The number of nitriles is 1. The number of nitrogens with two attached hydrogens (primary N) is 1. The largest absolute Gasteiger partial charge is 0.488 e. The Hall–Kier alpha value is -3.00. The highest BCUT2D eigenvalue weighted by Crippen LogP contribution is 2.21. The summed E-state index contributed by atoms with van der Waals surface area (Å²) in [7, 11) is 0. The number of hydrogen-bond donors (Lipinski definition) is 2. The van der Waals surface area contributed by atoms with Crippen LogP contribution in [0.5, 0.6) is 5.75 Å². The Labute approximate surface area is 115 Å². The van der Waals surface area contributed by atoms with Gasteiger partial charge in [0.25, 0.3) is 0 Å². The molecule has 0 amide bonds. The van der Waals surface area contributed by atoms with Crippen molar-refractivity contribution in [2.75, 3.05) is 5.73 Å². The molecule has 20 heavy (non-hydrogen) atoms. The third-order valence-electron chi connectivity index (χ3n) is 2.72. The zero-order valence-corrected chi connectivity index (χ0v) is 10.5. The van der Waals surface area contributed by atoms with Gasteiger partial charge in [0.1, 0.15) is 18.4 Å². The molecule has 2 aromatic carbocycles. The first kappa shape index (κ1) is 13.4. The minimum absolute atomic E-state index is 0.221. The van der Waals surface area contributed by atoms with Gasteiger partial charge in [0.2, 0.25) is 0 Å². The average Bonchev–Trinajstić information content (AvgIpc) is 2.46. The van der Waals surface area contributed by atoms with Crippen molar-refractivity contribution in [3.63, 3.8) is 0 Å². The fourth-order valence-corrected chi connectivity index (χ4v) is 1.67. The lowest BCUT2D eigenvalue weighted by atomic mass is 10.1. The number of nitrogen functional groups attached to an aromatic ring is 1. The van der Waals surface area contributed by atoms with E-state index in [9.17, 15) is 4.79 Å². The van der Waals surface area contributed by atoms with E-state index < -0.39 is 5.97 Å². The summed E-state index contributed by atoms with van der Waals surface area (Å²) < 4.78 is 5.54. The summed E-state index contributed by atoms with van der Waals surface area (Å²) in [6.07, 6.45) is 0. The van der Waals surface area contributed by atoms with Gasteiger partial charge >= 0.3 is 5.97 Å². The Morgan fingerprint density at radius 2 is 1.95 bits per heavy atom. The quantitative estimate of drug-likeness (QED) is 0.830. The number of carboxylic acid groups (broad SMARTS) is 1. The normalized spacial score (nSPS) is 9.75. The third kappa shape index (κ3) is 3.06. The molecule has 0 saturated heterocycles. The van der Waals surface area contributed by atoms with Crippen LogP contribution in [-0.4, -0.2) is 11.1 Å². The van der Waals surface area contributed by atoms with Gasteiger partial charge in [0, 0.05) is 5.69 Å². The molecule has 0 unspecified atom stereocenters. The van der Waals surface area contributed by atoms with E-state index in [4.69, 9.17) is 20.8 Å². The van der Waals surface area contributed by atoms with Crippen molar-refractivity contribution in [1.82, 2.24) is 0 Å². The van der Waals surface area contributed by atoms with Gasteiger partial charge < -0.3 is 15.6 Å². The van der Waals surface area contributed by atoms with E-state index in [1.165, 1.54) is 12.1 Å². The van der Waals surface area contributed by atoms with Crippen LogP contribution >= 0.6 is 0 Å². The number of benzene rings is 2. The average molecular weight is 268 g/mol. The highest BCUT2D eigenvalue weighted by Gasteiger charge is 2.05. The third-order valence-corrected chi connectivity index (χ3v) is 2.72. The van der Waals surface area contributed by atoms with Crippen molar-refractivity contribution < 1.29 is 14.6 Å². The second kappa shape index (κ2) is 5.76. The van der Waals surface area contributed by atoms with Crippen molar-refractivity contribution in [3.05, 3.63) is 59.2 Å². The number of carbonyl (C=O) groups is 1. The van der Waals surface area contributed by atoms with Gasteiger partial charge in [0.15, 0.2) is 0 Å². The lowest BCUT2D eigenvalue weighted by molar-refractivity contribution is 0.0697. The molecule has 100 valence electrons. The molecule has 0 radical (unpaired) electrons. The van der Waals surface area contributed by atoms with Gasteiger partial charge in [-0.1, -0.05) is 12.1 Å². The van der Waals surface area contributed by atoms with E-state index in [0.29, 0.717) is 17.0 Å². The molecule has 0 aliphatic rings. The van der Waals surface area contributed by atoms with Crippen LogP contribution in [0.1, 0.15) is 21.5 Å². The minimum atomic E-state index is -0.970. The van der Waals surface area contributed by atoms with Crippen LogP contribution in [0.25, 0.3) is 0 Å². The summed E-state index contributed by atoms with van der Waals surface area (Å²) in [6, 6.07) is 13.2. The predicted molar refractivity (Wildman–Crippen MR) is 73.3 cm³/mol. The smallest absolute Gasteiger partial charge is 0.335 e. The van der Waals surface area contributed by atoms with Gasteiger partial charge in [0.05, 0.1) is 11.1 Å². The molecule has 0 aromatic heterocycles. The summed E-state index contributed by atoms with van der Waals surface area (Å²) in [5, 5.41) is 17.8. The number of anilines is 1. The highest BCUT2D eigenvalue weighted by atomic mass is 16.5. The van der Waals surface area contributed by atoms with E-state index in [1.54, 1.807) is 30.3 Å². The summed E-state index contributed by atoms with van der Waals surface area (Å²) >= 11 is 0. The molecule has 0 saturated carbocycles. The first-order chi connectivity index (χ1) is 9.60. The van der Waals surface area contributed by atoms with E-state index >= 15 is 0 Å². The van der Waals surface area contributed by atoms with Crippen molar-refractivity contribution in [2.45, 2.75) is 6.61 Å². The number of nitrogens with zero attached hydrogens (tertiary/aromatic N) is 1. The Morgan fingerprint density at radius 1 is 1.25 bits per heavy atom. The van der Waals surface area contributed by atoms with Crippen molar-refractivity contribution in [2.24, 2.45) is 0 Å². The van der Waals surface area contributed by atoms with Gasteiger partial charge in [-0.15, -0.1) is 0 Å². The van der Waals surface area contributed by atoms with E-state index in [-0.39, 0.29) is 12.2 Å². The summed E-state index contributed by atoms with van der Waals surface area (Å²) in [4.78, 5) is 10.7. The number of hydrogen-bond acceptors (Lipinski definition) is 4. The Balaban J connectivity index is 2.09. The van der Waals surface area contributed by atoms with Gasteiger partial charge in [-0.2, -0.15) is 5.26 Å². The van der Waals surface area contributed by atoms with Crippen LogP contribution in [0.15, 0.2) is 42.5 Å². The number of carboxylic acids is 1. The number of aromatic carboxylic acids is 1. The Bertz CT molecular complexity index is 673. The topological polar surface area (TPSA) is 96.3 Å². The molecule has 0 atom stereocenters. The standard InChI is InChI=1S/C15H12N2O3/c16-8-12-7-13(17)5-6-14(12)20-9-10-1-3-11(4-2-10)15(18)19/h1-7H,9,17H2,(H,18,19). The molecular weight excluding hydrogens is 256 g/mol. The van der Waals surface area contributed by atoms with Crippen molar-refractivity contribution in [3.8, 4) is 11.8 Å². The highest BCUT2D eigenvalue weighted by molar-refractivity contribution is 5.87. The molecular formula is C15H12N2O3. The van der Waals surface area contributed by atoms with Gasteiger partial charge in [-0.3, -0.25) is 0 Å². The Morgan fingerprint density at radius 3 is 2.55 bits per heavy atom. The summed E-state index contributed by atoms with van der Waals surface area (Å²) in [6.45, 7) is 0.249. The van der Waals surface area contributed by atoms with Crippen molar-refractivity contribution in [1.29, 1.82) is 5.26 Å². The molecule has 2 rings (SSSR count). The van der Waals surface area contributed by atoms with Gasteiger partial charge in [-0.25, -0.2) is 4.79 Å². The predicted octanol–water partition coefficient (Wildman–Crippen LogP) is 2.42. The minimum Gasteiger partial charge on any atom is -0.488 e. The molecule has 2 aromatic rings. The molecule has 0 heterocycles. The second-order valence-corrected chi connectivity index (χ2v) is 4.16. The lowest BCUT2D eigenvalue weighted by Gasteiger charge is -2.08. The molecule has 5 heteroatoms. The summed E-state index contributed by atoms with van der Waals surface area (Å²) in [5.74, 6) is -0.521. The van der Waals surface area contributed by atoms with Crippen LogP contribution in [0.3, 0.4) is 0 Å². The zero-order valence-electron chi connectivity index (χ0n) is 10.5. The van der Waals surface area contributed by atoms with Gasteiger partial charge in [-0.05, 0) is 35.9 Å². The molecule has 0 aliphatic heterocycles. The van der Waals surface area contributed by atoms with Crippen LogP contribution in [0, 0.1) is 11.3 Å². The molecule has 5 nitrogen and oxygen atoms in total. The van der Waals surface area contributed by atoms with E-state index in [2.05, 4.69) is 0 Å². The van der Waals surface area contributed by atoms with E-state index in [0.717, 1.165) is 5.56 Å². The maximum atomic E-state index is 10.7. The fraction of sp³-hybridized carbons (Fsp3) is 0.0667. The van der Waals surface area contributed by atoms with Crippen molar-refractivity contribution >= 4 is 11.7 Å². The second-order valence-electron chi connectivity index (χ2n) is 4.16. The van der Waals surface area contributed by atoms with Crippen LogP contribution in [0.2, 0.25) is 0 Å². The molecule has 0 aliphatic carbocycles. The monoisotopic (exact) mass is 268 g/mol. The fourth-order valence-electron chi connectivity index (χ4n) is 1.67. The zero-order chi connectivity index (χ0) is 14.5. The SMILES string of the molecule is N#Cc1cc(N)ccc1OCc1ccc(C(=O)O)cc1. The molecule has 3 N–H and O–H groups in total. The van der Waals surface area contributed by atoms with E-state index in [1.807, 2.05) is 6.07 Å². The van der Waals surface area contributed by atoms with Crippen LogP contribution in [0.4, 0.5) is 5.69 Å². The molecule has 0 spiro atoms. The van der Waals surface area contributed by atoms with Crippen LogP contribution < -0.4 is 10.5 Å². The first-order valence-corrected chi connectivity index (χ1v) is 5.85. The number of ether oxygens (including phenoxy) is 1. The molecule has 0 bridgehead atoms. The summed E-state index contributed by atoms with van der Waals surface area (Å²) in [5.41, 5.74) is 7.50. The molecule has 0 fully saturated rings. The Kier molecular flexibility index (Phi) is 3.87. The maximum absolute atomic E-state index is 10.7. The maximum Gasteiger partial charge on any atom is 0.335 e. The van der Waals surface area contributed by atoms with Crippen LogP contribution in [-0.2, 0) is 6.61 Å². The lowest BCUT2D eigenvalue weighted by Crippen LogP contribution is -2.00. The number of rotatable bonds is 4.